The maximum absolute atomic E-state index is 12.1. The molecule has 0 saturated carbocycles. The molecule has 0 heterocycles. The summed E-state index contributed by atoms with van der Waals surface area (Å²) in [4.78, 5) is 24.2. The number of aryl methyl sites for hydroxylation is 2. The molecule has 2 aromatic carbocycles. The maximum atomic E-state index is 12.1. The van der Waals surface area contributed by atoms with E-state index < -0.39 is 0 Å². The second-order valence-corrected chi connectivity index (χ2v) is 7.39. The van der Waals surface area contributed by atoms with E-state index >= 15 is 0 Å². The van der Waals surface area contributed by atoms with Crippen LogP contribution in [0.15, 0.2) is 42.5 Å². The zero-order chi connectivity index (χ0) is 19.3. The molecular weight excluding hydrogens is 328 g/mol. The van der Waals surface area contributed by atoms with Crippen molar-refractivity contribution in [2.24, 2.45) is 0 Å². The van der Waals surface area contributed by atoms with Crippen LogP contribution in [0.5, 0.6) is 5.75 Å². The number of ether oxygens (including phenoxy) is 1. The smallest absolute Gasteiger partial charge is 0.262 e. The van der Waals surface area contributed by atoms with Crippen molar-refractivity contribution in [3.63, 3.8) is 0 Å². The van der Waals surface area contributed by atoms with Gasteiger partial charge in [0.1, 0.15) is 5.75 Å². The molecule has 138 valence electrons. The fourth-order valence-corrected chi connectivity index (χ4v) is 2.32. The van der Waals surface area contributed by atoms with Gasteiger partial charge in [0, 0.05) is 16.8 Å². The lowest BCUT2D eigenvalue weighted by atomic mass is 10.1. The highest BCUT2D eigenvalue weighted by Crippen LogP contribution is 2.19. The Balaban J connectivity index is 1.91. The molecule has 0 bridgehead atoms. The zero-order valence-corrected chi connectivity index (χ0v) is 16.0. The van der Waals surface area contributed by atoms with Gasteiger partial charge in [-0.1, -0.05) is 12.1 Å². The van der Waals surface area contributed by atoms with Crippen LogP contribution < -0.4 is 15.4 Å². The van der Waals surface area contributed by atoms with E-state index in [4.69, 9.17) is 4.74 Å². The third-order valence-electron chi connectivity index (χ3n) is 3.62. The second kappa shape index (κ2) is 8.04. The fraction of sp³-hybridized carbons (Fsp3) is 0.333. The summed E-state index contributed by atoms with van der Waals surface area (Å²) >= 11 is 0. The van der Waals surface area contributed by atoms with E-state index in [9.17, 15) is 9.59 Å². The molecule has 0 radical (unpaired) electrons. The summed E-state index contributed by atoms with van der Waals surface area (Å²) in [7, 11) is 0. The van der Waals surface area contributed by atoms with Crippen molar-refractivity contribution in [1.82, 2.24) is 5.32 Å². The summed E-state index contributed by atoms with van der Waals surface area (Å²) in [6.45, 7) is 9.62. The largest absolute Gasteiger partial charge is 0.483 e. The Labute approximate surface area is 154 Å². The summed E-state index contributed by atoms with van der Waals surface area (Å²) in [5, 5.41) is 5.66. The first-order valence-corrected chi connectivity index (χ1v) is 8.56. The lowest BCUT2D eigenvalue weighted by molar-refractivity contribution is -0.118. The molecule has 2 N–H and O–H groups in total. The first-order valence-electron chi connectivity index (χ1n) is 8.56. The molecule has 0 aliphatic carbocycles. The molecule has 0 aromatic heterocycles. The van der Waals surface area contributed by atoms with Crippen LogP contribution in [-0.4, -0.2) is 24.0 Å². The molecule has 2 aromatic rings. The second-order valence-electron chi connectivity index (χ2n) is 7.39. The highest BCUT2D eigenvalue weighted by Gasteiger charge is 2.15. The number of carbonyl (C=O) groups is 2. The van der Waals surface area contributed by atoms with Gasteiger partial charge in [-0.05, 0) is 76.1 Å². The van der Waals surface area contributed by atoms with E-state index in [1.807, 2.05) is 52.8 Å². The van der Waals surface area contributed by atoms with E-state index in [0.717, 1.165) is 11.1 Å². The Morgan fingerprint density at radius 1 is 1.00 bits per heavy atom. The van der Waals surface area contributed by atoms with Gasteiger partial charge in [-0.15, -0.1) is 0 Å². The van der Waals surface area contributed by atoms with Crippen molar-refractivity contribution < 1.29 is 14.3 Å². The summed E-state index contributed by atoms with van der Waals surface area (Å²) in [6.07, 6.45) is 0. The number of hydrogen-bond acceptors (Lipinski definition) is 3. The van der Waals surface area contributed by atoms with Gasteiger partial charge in [0.05, 0.1) is 0 Å². The number of anilines is 1. The van der Waals surface area contributed by atoms with Crippen molar-refractivity contribution in [3.05, 3.63) is 59.2 Å². The van der Waals surface area contributed by atoms with Crippen molar-refractivity contribution >= 4 is 17.5 Å². The van der Waals surface area contributed by atoms with Gasteiger partial charge in [0.15, 0.2) is 6.61 Å². The van der Waals surface area contributed by atoms with E-state index in [0.29, 0.717) is 17.0 Å². The molecular formula is C21H26N2O3. The average molecular weight is 354 g/mol. The van der Waals surface area contributed by atoms with Crippen LogP contribution in [0.4, 0.5) is 5.69 Å². The first kappa shape index (κ1) is 19.5. The molecule has 2 amide bonds. The van der Waals surface area contributed by atoms with Gasteiger partial charge < -0.3 is 15.4 Å². The van der Waals surface area contributed by atoms with Gasteiger partial charge in [0.25, 0.3) is 11.8 Å². The fourth-order valence-electron chi connectivity index (χ4n) is 2.32. The Bertz CT molecular complexity index is 790. The highest BCUT2D eigenvalue weighted by molar-refractivity contribution is 5.96. The Morgan fingerprint density at radius 3 is 2.27 bits per heavy atom. The third-order valence-corrected chi connectivity index (χ3v) is 3.62. The van der Waals surface area contributed by atoms with Gasteiger partial charge in [0.2, 0.25) is 0 Å². The van der Waals surface area contributed by atoms with Crippen LogP contribution >= 0.6 is 0 Å². The molecule has 0 atom stereocenters. The molecule has 5 nitrogen and oxygen atoms in total. The third kappa shape index (κ3) is 5.92. The number of amides is 2. The number of rotatable bonds is 5. The first-order chi connectivity index (χ1) is 12.1. The van der Waals surface area contributed by atoms with E-state index in [1.54, 1.807) is 24.3 Å². The molecule has 0 spiro atoms. The lowest BCUT2D eigenvalue weighted by Crippen LogP contribution is -2.40. The van der Waals surface area contributed by atoms with E-state index in [-0.39, 0.29) is 24.0 Å². The molecule has 26 heavy (non-hydrogen) atoms. The summed E-state index contributed by atoms with van der Waals surface area (Å²) < 4.78 is 5.59. The van der Waals surface area contributed by atoms with Crippen LogP contribution in [0.25, 0.3) is 0 Å². The summed E-state index contributed by atoms with van der Waals surface area (Å²) in [5.74, 6) is 0.306. The van der Waals surface area contributed by atoms with Crippen molar-refractivity contribution in [2.45, 2.75) is 40.2 Å². The van der Waals surface area contributed by atoms with Crippen LogP contribution in [0.3, 0.4) is 0 Å². The normalized spacial score (nSPS) is 11.0. The number of carbonyl (C=O) groups excluding carboxylic acids is 2. The minimum atomic E-state index is -0.296. The maximum Gasteiger partial charge on any atom is 0.262 e. The average Bonchev–Trinajstić information content (AvgIpc) is 2.55. The number of nitrogens with one attached hydrogen (secondary N) is 2. The lowest BCUT2D eigenvalue weighted by Gasteiger charge is -2.20. The monoisotopic (exact) mass is 354 g/mol. The highest BCUT2D eigenvalue weighted by atomic mass is 16.5. The quantitative estimate of drug-likeness (QED) is 0.857. The predicted octanol–water partition coefficient (Wildman–Crippen LogP) is 3.85. The van der Waals surface area contributed by atoms with E-state index in [1.165, 1.54) is 0 Å². The topological polar surface area (TPSA) is 67.4 Å². The minimum Gasteiger partial charge on any atom is -0.483 e. The van der Waals surface area contributed by atoms with Crippen molar-refractivity contribution in [3.8, 4) is 5.75 Å². The molecule has 0 saturated heterocycles. The van der Waals surface area contributed by atoms with Crippen LogP contribution in [-0.2, 0) is 4.79 Å². The molecule has 0 unspecified atom stereocenters. The molecule has 2 rings (SSSR count). The zero-order valence-electron chi connectivity index (χ0n) is 16.0. The number of benzene rings is 2. The molecule has 0 aliphatic heterocycles. The summed E-state index contributed by atoms with van der Waals surface area (Å²) in [6, 6.07) is 12.6. The Kier molecular flexibility index (Phi) is 6.03. The van der Waals surface area contributed by atoms with Crippen LogP contribution in [0.1, 0.15) is 42.3 Å². The Hall–Kier alpha value is -2.82. The van der Waals surface area contributed by atoms with Crippen molar-refractivity contribution in [2.75, 3.05) is 11.9 Å². The Morgan fingerprint density at radius 2 is 1.65 bits per heavy atom. The molecule has 5 heteroatoms. The van der Waals surface area contributed by atoms with Gasteiger partial charge in [-0.25, -0.2) is 0 Å². The number of hydrogen-bond donors (Lipinski definition) is 2. The summed E-state index contributed by atoms with van der Waals surface area (Å²) in [5.41, 5.74) is 2.93. The molecule has 0 fully saturated rings. The predicted molar refractivity (Wildman–Crippen MR) is 104 cm³/mol. The van der Waals surface area contributed by atoms with Crippen molar-refractivity contribution in [1.29, 1.82) is 0 Å². The minimum absolute atomic E-state index is 0.0729. The SMILES string of the molecule is Cc1ccc(C)c(OCC(=O)Nc2ccc(C(=O)NC(C)(C)C)cc2)c1. The van der Waals surface area contributed by atoms with Crippen LogP contribution in [0.2, 0.25) is 0 Å². The standard InChI is InChI=1S/C21H26N2O3/c1-14-6-7-15(2)18(12-14)26-13-19(24)22-17-10-8-16(9-11-17)20(25)23-21(3,4)5/h6-12H,13H2,1-5H3,(H,22,24)(H,23,25). The van der Waals surface area contributed by atoms with Gasteiger partial charge >= 0.3 is 0 Å². The molecule has 0 aliphatic rings. The van der Waals surface area contributed by atoms with E-state index in [2.05, 4.69) is 10.6 Å². The van der Waals surface area contributed by atoms with Gasteiger partial charge in [-0.3, -0.25) is 9.59 Å². The van der Waals surface area contributed by atoms with Crippen LogP contribution in [0, 0.1) is 13.8 Å². The van der Waals surface area contributed by atoms with Gasteiger partial charge in [-0.2, -0.15) is 0 Å².